The van der Waals surface area contributed by atoms with E-state index in [2.05, 4.69) is 10.6 Å². The fourth-order valence-electron chi connectivity index (χ4n) is 1.23. The highest BCUT2D eigenvalue weighted by Gasteiger charge is 1.95. The second-order valence-corrected chi connectivity index (χ2v) is 4.10. The van der Waals surface area contributed by atoms with Crippen molar-refractivity contribution in [3.05, 3.63) is 40.9 Å². The Kier molecular flexibility index (Phi) is 5.94. The maximum Gasteiger partial charge on any atom is 0.244 e. The van der Waals surface area contributed by atoms with Crippen molar-refractivity contribution < 1.29 is 9.59 Å². The summed E-state index contributed by atoms with van der Waals surface area (Å²) in [4.78, 5) is 22.0. The van der Waals surface area contributed by atoms with E-state index in [4.69, 9.17) is 11.6 Å². The van der Waals surface area contributed by atoms with Gasteiger partial charge in [0, 0.05) is 31.1 Å². The van der Waals surface area contributed by atoms with Gasteiger partial charge in [-0.2, -0.15) is 0 Å². The number of carbonyl (C=O) groups excluding carboxylic acids is 2. The van der Waals surface area contributed by atoms with Gasteiger partial charge in [0.05, 0.1) is 0 Å². The summed E-state index contributed by atoms with van der Waals surface area (Å²) >= 11 is 5.75. The highest BCUT2D eigenvalue weighted by molar-refractivity contribution is 6.30. The van der Waals surface area contributed by atoms with E-state index in [0.717, 1.165) is 5.56 Å². The van der Waals surface area contributed by atoms with Crippen LogP contribution >= 0.6 is 11.6 Å². The molecule has 5 heteroatoms. The summed E-state index contributed by atoms with van der Waals surface area (Å²) < 4.78 is 0. The first kappa shape index (κ1) is 14.3. The minimum absolute atomic E-state index is 0.110. The predicted molar refractivity (Wildman–Crippen MR) is 72.2 cm³/mol. The molecular weight excluding hydrogens is 252 g/mol. The fourth-order valence-corrected chi connectivity index (χ4v) is 1.35. The molecule has 0 aliphatic heterocycles. The van der Waals surface area contributed by atoms with Crippen molar-refractivity contribution in [2.45, 2.75) is 6.92 Å². The Bertz CT molecular complexity index is 441. The minimum atomic E-state index is -0.199. The second-order valence-electron chi connectivity index (χ2n) is 3.66. The molecule has 1 aromatic carbocycles. The van der Waals surface area contributed by atoms with Crippen LogP contribution in [0.4, 0.5) is 0 Å². The Hall–Kier alpha value is -1.81. The maximum atomic E-state index is 11.4. The number of amides is 2. The van der Waals surface area contributed by atoms with Crippen LogP contribution in [-0.4, -0.2) is 24.9 Å². The lowest BCUT2D eigenvalue weighted by molar-refractivity contribution is -0.119. The van der Waals surface area contributed by atoms with E-state index in [1.807, 2.05) is 12.1 Å². The number of hydrogen-bond acceptors (Lipinski definition) is 2. The minimum Gasteiger partial charge on any atom is -0.355 e. The molecule has 96 valence electrons. The molecule has 4 nitrogen and oxygen atoms in total. The van der Waals surface area contributed by atoms with Gasteiger partial charge in [0.2, 0.25) is 11.8 Å². The summed E-state index contributed by atoms with van der Waals surface area (Å²) in [5.74, 6) is -0.309. The summed E-state index contributed by atoms with van der Waals surface area (Å²) in [5, 5.41) is 5.90. The summed E-state index contributed by atoms with van der Waals surface area (Å²) in [5.41, 5.74) is 0.899. The van der Waals surface area contributed by atoms with Crippen molar-refractivity contribution in [3.8, 4) is 0 Å². The highest BCUT2D eigenvalue weighted by atomic mass is 35.5. The Morgan fingerprint density at radius 3 is 2.39 bits per heavy atom. The van der Waals surface area contributed by atoms with Crippen molar-refractivity contribution in [1.29, 1.82) is 0 Å². The van der Waals surface area contributed by atoms with Crippen LogP contribution < -0.4 is 10.6 Å². The smallest absolute Gasteiger partial charge is 0.244 e. The zero-order valence-electron chi connectivity index (χ0n) is 10.1. The number of carbonyl (C=O) groups is 2. The van der Waals surface area contributed by atoms with Crippen LogP contribution in [0.25, 0.3) is 6.08 Å². The summed E-state index contributed by atoms with van der Waals surface area (Å²) in [7, 11) is 0. The Morgan fingerprint density at radius 1 is 1.17 bits per heavy atom. The van der Waals surface area contributed by atoms with E-state index in [0.29, 0.717) is 18.1 Å². The first-order valence-corrected chi connectivity index (χ1v) is 5.91. The van der Waals surface area contributed by atoms with Crippen molar-refractivity contribution in [2.75, 3.05) is 13.1 Å². The SMILES string of the molecule is CC(=O)NCCNC(=O)C=Cc1ccc(Cl)cc1. The molecule has 0 fully saturated rings. The molecule has 0 radical (unpaired) electrons. The summed E-state index contributed by atoms with van der Waals surface area (Å²) in [6.45, 7) is 2.27. The quantitative estimate of drug-likeness (QED) is 0.628. The summed E-state index contributed by atoms with van der Waals surface area (Å²) in [6, 6.07) is 7.17. The fraction of sp³-hybridized carbons (Fsp3) is 0.231. The number of hydrogen-bond donors (Lipinski definition) is 2. The molecule has 2 N–H and O–H groups in total. The molecule has 0 unspecified atom stereocenters. The van der Waals surface area contributed by atoms with Gasteiger partial charge in [0.25, 0.3) is 0 Å². The predicted octanol–water partition coefficient (Wildman–Crippen LogP) is 1.61. The van der Waals surface area contributed by atoms with E-state index in [1.165, 1.54) is 13.0 Å². The molecule has 0 bridgehead atoms. The molecule has 0 spiro atoms. The number of halogens is 1. The zero-order chi connectivity index (χ0) is 13.4. The van der Waals surface area contributed by atoms with Crippen molar-refractivity contribution in [1.82, 2.24) is 10.6 Å². The average molecular weight is 267 g/mol. The Morgan fingerprint density at radius 2 is 1.78 bits per heavy atom. The Labute approximate surface area is 111 Å². The van der Waals surface area contributed by atoms with E-state index in [1.54, 1.807) is 18.2 Å². The lowest BCUT2D eigenvalue weighted by Gasteiger charge is -2.02. The summed E-state index contributed by atoms with van der Waals surface area (Å²) in [6.07, 6.45) is 3.14. The van der Waals surface area contributed by atoms with Gasteiger partial charge in [-0.3, -0.25) is 9.59 Å². The number of nitrogens with one attached hydrogen (secondary N) is 2. The molecule has 0 saturated heterocycles. The van der Waals surface area contributed by atoms with Crippen LogP contribution in [-0.2, 0) is 9.59 Å². The van der Waals surface area contributed by atoms with Crippen LogP contribution in [0.15, 0.2) is 30.3 Å². The van der Waals surface area contributed by atoms with Gasteiger partial charge in [-0.1, -0.05) is 23.7 Å². The van der Waals surface area contributed by atoms with E-state index in [-0.39, 0.29) is 11.8 Å². The lowest BCUT2D eigenvalue weighted by atomic mass is 10.2. The van der Waals surface area contributed by atoms with E-state index >= 15 is 0 Å². The zero-order valence-corrected chi connectivity index (χ0v) is 10.8. The van der Waals surface area contributed by atoms with Crippen LogP contribution in [0, 0.1) is 0 Å². The molecule has 2 amide bonds. The van der Waals surface area contributed by atoms with Gasteiger partial charge in [-0.05, 0) is 23.8 Å². The Balaban J connectivity index is 2.31. The molecular formula is C13H15ClN2O2. The first-order valence-electron chi connectivity index (χ1n) is 5.54. The topological polar surface area (TPSA) is 58.2 Å². The van der Waals surface area contributed by atoms with Crippen molar-refractivity contribution >= 4 is 29.5 Å². The van der Waals surface area contributed by atoms with Crippen molar-refractivity contribution in [3.63, 3.8) is 0 Å². The van der Waals surface area contributed by atoms with Crippen LogP contribution in [0.3, 0.4) is 0 Å². The number of rotatable bonds is 5. The van der Waals surface area contributed by atoms with Crippen molar-refractivity contribution in [2.24, 2.45) is 0 Å². The number of benzene rings is 1. The van der Waals surface area contributed by atoms with E-state index in [9.17, 15) is 9.59 Å². The molecule has 18 heavy (non-hydrogen) atoms. The third-order valence-electron chi connectivity index (χ3n) is 2.10. The molecule has 0 saturated carbocycles. The lowest BCUT2D eigenvalue weighted by Crippen LogP contribution is -2.32. The van der Waals surface area contributed by atoms with Crippen LogP contribution in [0.5, 0.6) is 0 Å². The monoisotopic (exact) mass is 266 g/mol. The maximum absolute atomic E-state index is 11.4. The molecule has 1 rings (SSSR count). The van der Waals surface area contributed by atoms with Gasteiger partial charge < -0.3 is 10.6 Å². The normalized spacial score (nSPS) is 10.3. The average Bonchev–Trinajstić information content (AvgIpc) is 2.34. The van der Waals surface area contributed by atoms with Crippen LogP contribution in [0.1, 0.15) is 12.5 Å². The van der Waals surface area contributed by atoms with E-state index < -0.39 is 0 Å². The van der Waals surface area contributed by atoms with Gasteiger partial charge in [0.15, 0.2) is 0 Å². The molecule has 0 atom stereocenters. The molecule has 0 aliphatic carbocycles. The highest BCUT2D eigenvalue weighted by Crippen LogP contribution is 2.10. The third-order valence-corrected chi connectivity index (χ3v) is 2.35. The van der Waals surface area contributed by atoms with Gasteiger partial charge >= 0.3 is 0 Å². The molecule has 0 aromatic heterocycles. The largest absolute Gasteiger partial charge is 0.355 e. The van der Waals surface area contributed by atoms with Gasteiger partial charge in [0.1, 0.15) is 0 Å². The molecule has 0 aliphatic rings. The molecule has 0 heterocycles. The third kappa shape index (κ3) is 6.06. The second kappa shape index (κ2) is 7.50. The standard InChI is InChI=1S/C13H15ClN2O2/c1-10(17)15-8-9-16-13(18)7-4-11-2-5-12(14)6-3-11/h2-7H,8-9H2,1H3,(H,15,17)(H,16,18). The first-order chi connectivity index (χ1) is 8.58. The van der Waals surface area contributed by atoms with Gasteiger partial charge in [-0.15, -0.1) is 0 Å². The van der Waals surface area contributed by atoms with Gasteiger partial charge in [-0.25, -0.2) is 0 Å². The van der Waals surface area contributed by atoms with Crippen LogP contribution in [0.2, 0.25) is 5.02 Å². The molecule has 1 aromatic rings.